The molecule has 0 aliphatic rings. The van der Waals surface area contributed by atoms with Gasteiger partial charge in [0.05, 0.1) is 10.8 Å². The number of amides is 1. The van der Waals surface area contributed by atoms with Crippen LogP contribution in [0.1, 0.15) is 16.5 Å². The van der Waals surface area contributed by atoms with Crippen LogP contribution in [0.5, 0.6) is 0 Å². The number of nitrogens with one attached hydrogen (secondary N) is 1. The molecule has 0 fully saturated rings. The van der Waals surface area contributed by atoms with Gasteiger partial charge in [0, 0.05) is 23.6 Å². The maximum Gasteiger partial charge on any atom is 0.224 e. The first-order chi connectivity index (χ1) is 10.1. The molecular formula is C15H15Cl2NO2S. The van der Waals surface area contributed by atoms with E-state index in [-0.39, 0.29) is 18.4 Å². The molecule has 1 unspecified atom stereocenters. The molecule has 3 nitrogen and oxygen atoms in total. The first-order valence-corrected chi connectivity index (χ1v) is 7.95. The second kappa shape index (κ2) is 7.80. The molecule has 2 rings (SSSR count). The van der Waals surface area contributed by atoms with Crippen molar-refractivity contribution in [2.45, 2.75) is 12.5 Å². The zero-order chi connectivity index (χ0) is 15.2. The van der Waals surface area contributed by atoms with E-state index < -0.39 is 0 Å². The topological polar surface area (TPSA) is 38.3 Å². The molecule has 1 aromatic carbocycles. The predicted octanol–water partition coefficient (Wildman–Crippen LogP) is 4.10. The van der Waals surface area contributed by atoms with Gasteiger partial charge < -0.3 is 10.1 Å². The van der Waals surface area contributed by atoms with Gasteiger partial charge in [0.15, 0.2) is 0 Å². The minimum atomic E-state index is -0.197. The average Bonchev–Trinajstić information content (AvgIpc) is 2.89. The summed E-state index contributed by atoms with van der Waals surface area (Å²) >= 11 is 13.4. The molecule has 0 radical (unpaired) electrons. The van der Waals surface area contributed by atoms with Crippen molar-refractivity contribution in [2.75, 3.05) is 13.7 Å². The van der Waals surface area contributed by atoms with Crippen LogP contribution in [0.4, 0.5) is 0 Å². The summed E-state index contributed by atoms with van der Waals surface area (Å²) in [5.74, 6) is -0.0900. The number of rotatable bonds is 6. The van der Waals surface area contributed by atoms with E-state index in [4.69, 9.17) is 27.9 Å². The Morgan fingerprint density at radius 3 is 2.67 bits per heavy atom. The van der Waals surface area contributed by atoms with Crippen LogP contribution in [0.2, 0.25) is 9.36 Å². The number of carbonyl (C=O) groups is 1. The van der Waals surface area contributed by atoms with Gasteiger partial charge >= 0.3 is 0 Å². The molecule has 1 atom stereocenters. The molecule has 0 saturated heterocycles. The molecule has 1 aromatic heterocycles. The van der Waals surface area contributed by atoms with Crippen LogP contribution in [0.15, 0.2) is 36.4 Å². The molecule has 1 heterocycles. The Hall–Kier alpha value is -1.07. The molecule has 2 aromatic rings. The van der Waals surface area contributed by atoms with Gasteiger partial charge in [0.2, 0.25) is 5.91 Å². The smallest absolute Gasteiger partial charge is 0.224 e. The van der Waals surface area contributed by atoms with Gasteiger partial charge in [-0.15, -0.1) is 11.3 Å². The summed E-state index contributed by atoms with van der Waals surface area (Å²) < 4.78 is 6.09. The fraction of sp³-hybridized carbons (Fsp3) is 0.267. The van der Waals surface area contributed by atoms with E-state index in [0.717, 1.165) is 10.4 Å². The molecule has 0 aliphatic carbocycles. The Labute approximate surface area is 137 Å². The van der Waals surface area contributed by atoms with E-state index in [1.807, 2.05) is 30.3 Å². The fourth-order valence-corrected chi connectivity index (χ4v) is 3.23. The first kappa shape index (κ1) is 16.3. The van der Waals surface area contributed by atoms with Crippen LogP contribution >= 0.6 is 34.5 Å². The second-order valence-electron chi connectivity index (χ2n) is 4.44. The zero-order valence-corrected chi connectivity index (χ0v) is 13.8. The van der Waals surface area contributed by atoms with Crippen molar-refractivity contribution in [3.05, 3.63) is 56.2 Å². The lowest BCUT2D eigenvalue weighted by Gasteiger charge is -2.14. The minimum absolute atomic E-state index is 0.0900. The Morgan fingerprint density at radius 1 is 1.29 bits per heavy atom. The van der Waals surface area contributed by atoms with E-state index in [9.17, 15) is 4.79 Å². The largest absolute Gasteiger partial charge is 0.374 e. The van der Waals surface area contributed by atoms with E-state index >= 15 is 0 Å². The highest BCUT2D eigenvalue weighted by Crippen LogP contribution is 2.28. The first-order valence-electron chi connectivity index (χ1n) is 6.38. The Kier molecular flexibility index (Phi) is 6.06. The Balaban J connectivity index is 1.89. The number of thiophene rings is 1. The summed E-state index contributed by atoms with van der Waals surface area (Å²) in [4.78, 5) is 13.0. The maximum absolute atomic E-state index is 12.0. The van der Waals surface area contributed by atoms with E-state index in [0.29, 0.717) is 15.9 Å². The molecule has 0 bridgehead atoms. The predicted molar refractivity (Wildman–Crippen MR) is 87.2 cm³/mol. The van der Waals surface area contributed by atoms with Crippen molar-refractivity contribution in [2.24, 2.45) is 0 Å². The molecule has 0 aliphatic heterocycles. The third-order valence-corrected chi connectivity index (χ3v) is 4.68. The van der Waals surface area contributed by atoms with Crippen LogP contribution in [-0.2, 0) is 16.0 Å². The van der Waals surface area contributed by atoms with Gasteiger partial charge in [-0.25, -0.2) is 0 Å². The summed E-state index contributed by atoms with van der Waals surface area (Å²) in [6.45, 7) is 0.399. The minimum Gasteiger partial charge on any atom is -0.374 e. The molecule has 0 saturated carbocycles. The molecule has 1 amide bonds. The lowest BCUT2D eigenvalue weighted by Crippen LogP contribution is -2.30. The van der Waals surface area contributed by atoms with Gasteiger partial charge in [-0.3, -0.25) is 4.79 Å². The normalized spacial score (nSPS) is 12.1. The van der Waals surface area contributed by atoms with Crippen LogP contribution in [-0.4, -0.2) is 19.6 Å². The number of halogens is 2. The summed E-state index contributed by atoms with van der Waals surface area (Å²) in [6.07, 6.45) is 0.0547. The standard InChI is InChI=1S/C15H15Cl2NO2S/c1-20-12(13-6-7-14(17)21-13)9-18-15(19)8-10-4-2-3-5-11(10)16/h2-7,12H,8-9H2,1H3,(H,18,19). The zero-order valence-electron chi connectivity index (χ0n) is 11.4. The highest BCUT2D eigenvalue weighted by molar-refractivity contribution is 7.16. The van der Waals surface area contributed by atoms with Gasteiger partial charge in [-0.05, 0) is 23.8 Å². The number of hydrogen-bond acceptors (Lipinski definition) is 3. The maximum atomic E-state index is 12.0. The Morgan fingerprint density at radius 2 is 2.05 bits per heavy atom. The van der Waals surface area contributed by atoms with Gasteiger partial charge in [0.25, 0.3) is 0 Å². The van der Waals surface area contributed by atoms with Gasteiger partial charge in [-0.2, -0.15) is 0 Å². The molecule has 21 heavy (non-hydrogen) atoms. The second-order valence-corrected chi connectivity index (χ2v) is 6.59. The number of carbonyl (C=O) groups excluding carboxylic acids is 1. The summed E-state index contributed by atoms with van der Waals surface area (Å²) in [6, 6.07) is 11.0. The lowest BCUT2D eigenvalue weighted by molar-refractivity contribution is -0.121. The third kappa shape index (κ3) is 4.71. The van der Waals surface area contributed by atoms with Crippen LogP contribution < -0.4 is 5.32 Å². The summed E-state index contributed by atoms with van der Waals surface area (Å²) in [5, 5.41) is 3.46. The Bertz CT molecular complexity index is 615. The van der Waals surface area contributed by atoms with Crippen LogP contribution in [0.25, 0.3) is 0 Å². The van der Waals surface area contributed by atoms with E-state index in [1.54, 1.807) is 13.2 Å². The van der Waals surface area contributed by atoms with Gasteiger partial charge in [0.1, 0.15) is 6.10 Å². The van der Waals surface area contributed by atoms with Crippen molar-refractivity contribution in [3.8, 4) is 0 Å². The molecular weight excluding hydrogens is 329 g/mol. The molecule has 0 spiro atoms. The number of benzene rings is 1. The van der Waals surface area contributed by atoms with Crippen molar-refractivity contribution in [3.63, 3.8) is 0 Å². The van der Waals surface area contributed by atoms with Crippen molar-refractivity contribution >= 4 is 40.4 Å². The van der Waals surface area contributed by atoms with E-state index in [2.05, 4.69) is 5.32 Å². The molecule has 6 heteroatoms. The third-order valence-electron chi connectivity index (χ3n) is 2.99. The quantitative estimate of drug-likeness (QED) is 0.857. The van der Waals surface area contributed by atoms with Crippen LogP contribution in [0.3, 0.4) is 0 Å². The molecule has 1 N–H and O–H groups in total. The SMILES string of the molecule is COC(CNC(=O)Cc1ccccc1Cl)c1ccc(Cl)s1. The highest BCUT2D eigenvalue weighted by atomic mass is 35.5. The number of hydrogen-bond donors (Lipinski definition) is 1. The van der Waals surface area contributed by atoms with Crippen molar-refractivity contribution in [1.82, 2.24) is 5.32 Å². The monoisotopic (exact) mass is 343 g/mol. The van der Waals surface area contributed by atoms with E-state index in [1.165, 1.54) is 11.3 Å². The average molecular weight is 344 g/mol. The summed E-state index contributed by atoms with van der Waals surface area (Å²) in [5.41, 5.74) is 0.810. The van der Waals surface area contributed by atoms with Gasteiger partial charge in [-0.1, -0.05) is 41.4 Å². The highest BCUT2D eigenvalue weighted by Gasteiger charge is 2.15. The summed E-state index contributed by atoms with van der Waals surface area (Å²) in [7, 11) is 1.61. The fourth-order valence-electron chi connectivity index (χ4n) is 1.89. The number of methoxy groups -OCH3 is 1. The number of ether oxygens (including phenoxy) is 1. The van der Waals surface area contributed by atoms with Crippen molar-refractivity contribution < 1.29 is 9.53 Å². The van der Waals surface area contributed by atoms with Crippen molar-refractivity contribution in [1.29, 1.82) is 0 Å². The molecule has 112 valence electrons. The van der Waals surface area contributed by atoms with Crippen LogP contribution in [0, 0.1) is 0 Å². The lowest BCUT2D eigenvalue weighted by atomic mass is 10.1.